The summed E-state index contributed by atoms with van der Waals surface area (Å²) in [6, 6.07) is 61.5. The van der Waals surface area contributed by atoms with Crippen LogP contribution in [0.1, 0.15) is 105 Å². The summed E-state index contributed by atoms with van der Waals surface area (Å²) < 4.78 is 0. The van der Waals surface area contributed by atoms with Gasteiger partial charge in [0.25, 0.3) is 0 Å². The molecule has 62 heavy (non-hydrogen) atoms. The van der Waals surface area contributed by atoms with Crippen molar-refractivity contribution in [2.75, 3.05) is 0 Å². The Morgan fingerprint density at radius 1 is 0.403 bits per heavy atom. The first-order valence-corrected chi connectivity index (χ1v) is 21.7. The van der Waals surface area contributed by atoms with Crippen molar-refractivity contribution >= 4 is 39.8 Å². The Morgan fingerprint density at radius 2 is 0.790 bits per heavy atom. The van der Waals surface area contributed by atoms with E-state index >= 15 is 0 Å². The Kier molecular flexibility index (Phi) is 7.65. The van der Waals surface area contributed by atoms with Gasteiger partial charge in [0.15, 0.2) is 0 Å². The second-order valence-corrected chi connectivity index (χ2v) is 17.2. The third kappa shape index (κ3) is 5.07. The lowest BCUT2D eigenvalue weighted by molar-refractivity contribution is 0.709. The van der Waals surface area contributed by atoms with Crippen molar-refractivity contribution in [1.82, 2.24) is 9.97 Å². The molecule has 0 atom stereocenters. The van der Waals surface area contributed by atoms with Crippen LogP contribution in [0.25, 0.3) is 50.1 Å². The van der Waals surface area contributed by atoms with Gasteiger partial charge in [0.05, 0.1) is 34.3 Å². The first kappa shape index (κ1) is 35.2. The maximum absolute atomic E-state index is 5.68. The van der Waals surface area contributed by atoms with Gasteiger partial charge in [0.1, 0.15) is 6.04 Å². The Labute approximate surface area is 360 Å². The molecular formula is C58H40N4. The minimum absolute atomic E-state index is 0.0325. The maximum Gasteiger partial charge on any atom is 0.101 e. The normalized spacial score (nSPS) is 21.1. The fraction of sp³-hybridized carbons (Fsp3) is 0.103. The lowest BCUT2D eigenvalue weighted by atomic mass is 9.64. The summed E-state index contributed by atoms with van der Waals surface area (Å²) in [5.74, 6) is 0.102. The number of hydrogen-bond acceptors (Lipinski definition) is 4. The number of aromatic nitrogens is 2. The largest absolute Gasteiger partial charge is 0.280 e. The van der Waals surface area contributed by atoms with Crippen molar-refractivity contribution in [3.05, 3.63) is 243 Å². The second kappa shape index (κ2) is 13.5. The van der Waals surface area contributed by atoms with Gasteiger partial charge < -0.3 is 0 Å². The van der Waals surface area contributed by atoms with E-state index in [0.29, 0.717) is 0 Å². The molecule has 0 fully saturated rings. The predicted molar refractivity (Wildman–Crippen MR) is 254 cm³/mol. The van der Waals surface area contributed by atoms with Crippen molar-refractivity contribution in [3.8, 4) is 22.3 Å². The summed E-state index contributed by atoms with van der Waals surface area (Å²) in [6.45, 7) is 4.33. The lowest BCUT2D eigenvalue weighted by Crippen LogP contribution is -2.29. The number of fused-ring (bicyclic) bond motifs is 3. The number of aliphatic imine (C=N–C) groups is 2. The average molecular weight is 793 g/mol. The lowest BCUT2D eigenvalue weighted by Gasteiger charge is -2.40. The van der Waals surface area contributed by atoms with E-state index in [4.69, 9.17) is 20.0 Å². The van der Waals surface area contributed by atoms with Crippen molar-refractivity contribution in [2.24, 2.45) is 9.98 Å². The highest BCUT2D eigenvalue weighted by atomic mass is 14.9. The van der Waals surface area contributed by atoms with Crippen LogP contribution in [0.4, 0.5) is 0 Å². The highest BCUT2D eigenvalue weighted by Crippen LogP contribution is 2.55. The maximum atomic E-state index is 5.68. The molecule has 0 saturated heterocycles. The molecule has 0 radical (unpaired) electrons. The van der Waals surface area contributed by atoms with E-state index in [2.05, 4.69) is 196 Å². The van der Waals surface area contributed by atoms with Crippen LogP contribution < -0.4 is 0 Å². The van der Waals surface area contributed by atoms with E-state index < -0.39 is 0 Å². The number of allylic oxidation sites excluding steroid dienone is 1. The number of nitrogens with zero attached hydrogens (tertiary/aromatic N) is 4. The number of benzene rings is 8. The highest BCUT2D eigenvalue weighted by molar-refractivity contribution is 6.18. The van der Waals surface area contributed by atoms with E-state index in [-0.39, 0.29) is 23.8 Å². The Balaban J connectivity index is 1.16. The fourth-order valence-electron chi connectivity index (χ4n) is 11.4. The van der Waals surface area contributed by atoms with Gasteiger partial charge in [-0.3, -0.25) is 9.98 Å². The first-order chi connectivity index (χ1) is 30.6. The molecule has 0 saturated carbocycles. The van der Waals surface area contributed by atoms with Gasteiger partial charge in [-0.25, -0.2) is 9.97 Å². The van der Waals surface area contributed by atoms with Crippen molar-refractivity contribution < 1.29 is 0 Å². The molecule has 4 aliphatic carbocycles. The van der Waals surface area contributed by atoms with Crippen LogP contribution in [0.5, 0.6) is 0 Å². The van der Waals surface area contributed by atoms with Crippen LogP contribution in [0, 0.1) is 0 Å². The molecule has 0 unspecified atom stereocenters. The second-order valence-electron chi connectivity index (χ2n) is 17.2. The molecule has 1 aromatic heterocycles. The zero-order chi connectivity index (χ0) is 41.1. The minimum Gasteiger partial charge on any atom is -0.280 e. The van der Waals surface area contributed by atoms with E-state index in [1.165, 1.54) is 44.5 Å². The van der Waals surface area contributed by atoms with Crippen LogP contribution in [-0.4, -0.2) is 21.9 Å². The molecule has 15 rings (SSSR count). The molecule has 292 valence electrons. The molecule has 0 amide bonds. The Bertz CT molecular complexity index is 3360. The summed E-state index contributed by atoms with van der Waals surface area (Å²) in [5.41, 5.74) is 22.9. The summed E-state index contributed by atoms with van der Waals surface area (Å²) in [6.07, 6.45) is 4.46. The van der Waals surface area contributed by atoms with Gasteiger partial charge in [-0.05, 0) is 115 Å². The third-order valence-corrected chi connectivity index (χ3v) is 13.8. The Hall–Kier alpha value is -7.56. The SMILES string of the molecule is CC1=C/c2c(c(-c3ccccc3)c3cc4nc5c(nc4cc3c2-c2ccccc2)C2c3ccccc3C5c3ccccc32)/C=N\C2c3ccccc3C(\C(C)=N\1)c1ccccc12. The molecule has 4 bridgehead atoms. The number of rotatable bonds is 2. The van der Waals surface area contributed by atoms with E-state index in [1.54, 1.807) is 0 Å². The van der Waals surface area contributed by atoms with E-state index in [0.717, 1.165) is 78.0 Å². The molecule has 2 aliphatic heterocycles. The highest BCUT2D eigenvalue weighted by Gasteiger charge is 2.43. The van der Waals surface area contributed by atoms with Crippen LogP contribution in [-0.2, 0) is 0 Å². The standard InChI is InChI=1S/C58H40N4/c1-33-29-45-48(32-59-56-43-27-15-13-25-41(43)51(34(2)60-33)42-26-14-16-28-44(42)56)53(36-19-7-4-8-20-36)47-31-50-49(30-46(47)52(45)35-17-5-3-6-18-35)61-57-54-37-21-9-11-23-39(37)55(58(57)62-50)40-24-12-10-22-38(40)54/h3-32,51,54-56H,1-2H3/b33-29-,59-32-,60-34+. The van der Waals surface area contributed by atoms with Gasteiger partial charge in [-0.15, -0.1) is 0 Å². The smallest absolute Gasteiger partial charge is 0.101 e. The van der Waals surface area contributed by atoms with Gasteiger partial charge in [-0.1, -0.05) is 158 Å². The molecule has 4 nitrogen and oxygen atoms in total. The molecule has 0 spiro atoms. The van der Waals surface area contributed by atoms with E-state index in [9.17, 15) is 0 Å². The summed E-state index contributed by atoms with van der Waals surface area (Å²) >= 11 is 0. The van der Waals surface area contributed by atoms with Gasteiger partial charge in [0.2, 0.25) is 0 Å². The van der Waals surface area contributed by atoms with Gasteiger partial charge in [-0.2, -0.15) is 0 Å². The van der Waals surface area contributed by atoms with Crippen molar-refractivity contribution in [2.45, 2.75) is 37.6 Å². The zero-order valence-electron chi connectivity index (χ0n) is 34.4. The first-order valence-electron chi connectivity index (χ1n) is 21.7. The quantitative estimate of drug-likeness (QED) is 0.164. The molecule has 0 N–H and O–H groups in total. The van der Waals surface area contributed by atoms with E-state index in [1.807, 2.05) is 0 Å². The molecule has 3 heterocycles. The fourth-order valence-corrected chi connectivity index (χ4v) is 11.4. The molecule has 6 aliphatic rings. The van der Waals surface area contributed by atoms with Crippen LogP contribution in [0.2, 0.25) is 0 Å². The molecule has 8 aromatic carbocycles. The molecular weight excluding hydrogens is 753 g/mol. The van der Waals surface area contributed by atoms with Crippen LogP contribution >= 0.6 is 0 Å². The van der Waals surface area contributed by atoms with Crippen LogP contribution in [0.3, 0.4) is 0 Å². The minimum atomic E-state index is -0.182. The summed E-state index contributed by atoms with van der Waals surface area (Å²) in [4.78, 5) is 22.5. The average Bonchev–Trinajstić information content (AvgIpc) is 3.31. The predicted octanol–water partition coefficient (Wildman–Crippen LogP) is 13.6. The van der Waals surface area contributed by atoms with Crippen LogP contribution in [0.15, 0.2) is 186 Å². The summed E-state index contributed by atoms with van der Waals surface area (Å²) in [7, 11) is 0. The zero-order valence-corrected chi connectivity index (χ0v) is 34.4. The summed E-state index contributed by atoms with van der Waals surface area (Å²) in [5, 5.41) is 2.24. The van der Waals surface area contributed by atoms with Crippen molar-refractivity contribution in [3.63, 3.8) is 0 Å². The van der Waals surface area contributed by atoms with Gasteiger partial charge >= 0.3 is 0 Å². The van der Waals surface area contributed by atoms with Gasteiger partial charge in [0, 0.05) is 29.1 Å². The third-order valence-electron chi connectivity index (χ3n) is 13.8. The Morgan fingerprint density at radius 3 is 1.24 bits per heavy atom. The number of hydrogen-bond donors (Lipinski definition) is 0. The monoisotopic (exact) mass is 792 g/mol. The topological polar surface area (TPSA) is 50.5 Å². The van der Waals surface area contributed by atoms with Crippen molar-refractivity contribution in [1.29, 1.82) is 0 Å². The molecule has 9 aromatic rings. The molecule has 4 heteroatoms.